The number of rotatable bonds is 0. The van der Waals surface area contributed by atoms with Gasteiger partial charge in [0.15, 0.2) is 0 Å². The summed E-state index contributed by atoms with van der Waals surface area (Å²) in [6.07, 6.45) is 1.35. The third kappa shape index (κ3) is 0.667. The zero-order valence-electron chi connectivity index (χ0n) is 5.15. The summed E-state index contributed by atoms with van der Waals surface area (Å²) in [5.74, 6) is 2.59. The van der Waals surface area contributed by atoms with Crippen molar-refractivity contribution in [2.45, 2.75) is 20.3 Å². The van der Waals surface area contributed by atoms with Crippen LogP contribution in [0.15, 0.2) is 0 Å². The zero-order valence-corrected chi connectivity index (χ0v) is 5.15. The minimum absolute atomic E-state index is 0.759. The van der Waals surface area contributed by atoms with Gasteiger partial charge < -0.3 is 0 Å². The highest BCUT2D eigenvalue weighted by Crippen LogP contribution is 2.38. The Morgan fingerprint density at radius 3 is 2.00 bits per heavy atom. The van der Waals surface area contributed by atoms with Crippen molar-refractivity contribution in [1.82, 2.24) is 0 Å². The molecule has 1 aliphatic rings. The largest absolute Gasteiger partial charge is 0.0622 e. The quantitative estimate of drug-likeness (QED) is 0.434. The lowest BCUT2D eigenvalue weighted by Gasteiger charge is -2.38. The third-order valence-corrected chi connectivity index (χ3v) is 2.32. The van der Waals surface area contributed by atoms with Crippen LogP contribution in [-0.4, -0.2) is 0 Å². The summed E-state index contributed by atoms with van der Waals surface area (Å²) in [5, 5.41) is 0. The second-order valence-corrected chi connectivity index (χ2v) is 2.83. The molecule has 1 saturated carbocycles. The molecular weight excluding hydrogens is 84.1 g/mol. The summed E-state index contributed by atoms with van der Waals surface area (Å²) < 4.78 is 0. The van der Waals surface area contributed by atoms with Gasteiger partial charge >= 0.3 is 0 Å². The van der Waals surface area contributed by atoms with Gasteiger partial charge in [0.2, 0.25) is 0 Å². The van der Waals surface area contributed by atoms with E-state index >= 15 is 0 Å². The fraction of sp³-hybridized carbons (Fsp3) is 0.857. The van der Waals surface area contributed by atoms with E-state index in [2.05, 4.69) is 20.8 Å². The lowest BCUT2D eigenvalue weighted by Crippen LogP contribution is -2.29. The van der Waals surface area contributed by atoms with Crippen LogP contribution in [-0.2, 0) is 0 Å². The summed E-state index contributed by atoms with van der Waals surface area (Å²) in [6, 6.07) is 0. The van der Waals surface area contributed by atoms with Crippen molar-refractivity contribution in [2.75, 3.05) is 0 Å². The zero-order chi connectivity index (χ0) is 5.44. The van der Waals surface area contributed by atoms with E-state index in [4.69, 9.17) is 0 Å². The molecule has 1 radical (unpaired) electrons. The minimum atomic E-state index is 0.759. The minimum Gasteiger partial charge on any atom is -0.0622 e. The Balaban J connectivity index is 2.29. The van der Waals surface area contributed by atoms with Crippen molar-refractivity contribution in [3.63, 3.8) is 0 Å². The monoisotopic (exact) mass is 97.1 g/mol. The molecule has 1 aliphatic carbocycles. The van der Waals surface area contributed by atoms with E-state index in [0.29, 0.717) is 0 Å². The van der Waals surface area contributed by atoms with Crippen molar-refractivity contribution in [3.05, 3.63) is 6.92 Å². The molecule has 0 aromatic heterocycles. The molecule has 0 heteroatoms. The second-order valence-electron chi connectivity index (χ2n) is 2.83. The van der Waals surface area contributed by atoms with Gasteiger partial charge in [-0.2, -0.15) is 0 Å². The van der Waals surface area contributed by atoms with E-state index in [1.165, 1.54) is 6.42 Å². The molecule has 1 rings (SSSR count). The van der Waals surface area contributed by atoms with Crippen LogP contribution in [0.1, 0.15) is 20.3 Å². The van der Waals surface area contributed by atoms with E-state index in [1.54, 1.807) is 0 Å². The molecular formula is C7H13. The van der Waals surface area contributed by atoms with Crippen LogP contribution in [0.3, 0.4) is 0 Å². The maximum atomic E-state index is 3.98. The predicted molar refractivity (Wildman–Crippen MR) is 31.8 cm³/mol. The van der Waals surface area contributed by atoms with Gasteiger partial charge in [0.25, 0.3) is 0 Å². The van der Waals surface area contributed by atoms with Crippen LogP contribution in [0.2, 0.25) is 0 Å². The first kappa shape index (κ1) is 5.14. The number of hydrogen-bond acceptors (Lipinski definition) is 0. The molecule has 0 aromatic carbocycles. The van der Waals surface area contributed by atoms with Gasteiger partial charge in [0.05, 0.1) is 0 Å². The SMILES string of the molecule is [CH2]C1CC(C)C1C. The summed E-state index contributed by atoms with van der Waals surface area (Å²) in [5.41, 5.74) is 0. The first-order valence-electron chi connectivity index (χ1n) is 3.05. The molecule has 0 amide bonds. The molecule has 7 heavy (non-hydrogen) atoms. The smallest absolute Gasteiger partial charge is 0.0383 e. The Morgan fingerprint density at radius 2 is 2.00 bits per heavy atom. The average Bonchev–Trinajstić information content (AvgIpc) is 1.68. The van der Waals surface area contributed by atoms with Crippen LogP contribution < -0.4 is 0 Å². The summed E-state index contributed by atoms with van der Waals surface area (Å²) >= 11 is 0. The van der Waals surface area contributed by atoms with E-state index < -0.39 is 0 Å². The predicted octanol–water partition coefficient (Wildman–Crippen LogP) is 2.11. The highest BCUT2D eigenvalue weighted by atomic mass is 14.3. The van der Waals surface area contributed by atoms with Crippen LogP contribution in [0.5, 0.6) is 0 Å². The Kier molecular flexibility index (Phi) is 1.10. The van der Waals surface area contributed by atoms with Crippen LogP contribution in [0.25, 0.3) is 0 Å². The highest BCUT2D eigenvalue weighted by molar-refractivity contribution is 4.84. The van der Waals surface area contributed by atoms with Gasteiger partial charge in [-0.25, -0.2) is 0 Å². The lowest BCUT2D eigenvalue weighted by molar-refractivity contribution is 0.143. The van der Waals surface area contributed by atoms with Gasteiger partial charge in [0, 0.05) is 0 Å². The van der Waals surface area contributed by atoms with E-state index in [1.807, 2.05) is 0 Å². The summed E-state index contributed by atoms with van der Waals surface area (Å²) in [6.45, 7) is 8.56. The van der Waals surface area contributed by atoms with Crippen molar-refractivity contribution in [1.29, 1.82) is 0 Å². The van der Waals surface area contributed by atoms with Crippen molar-refractivity contribution < 1.29 is 0 Å². The molecule has 0 bridgehead atoms. The molecule has 3 atom stereocenters. The molecule has 0 aromatic rings. The highest BCUT2D eigenvalue weighted by Gasteiger charge is 2.29. The summed E-state index contributed by atoms with van der Waals surface area (Å²) in [7, 11) is 0. The summed E-state index contributed by atoms with van der Waals surface area (Å²) in [4.78, 5) is 0. The van der Waals surface area contributed by atoms with Gasteiger partial charge in [-0.05, 0) is 31.1 Å². The standard InChI is InChI=1S/C7H13/c1-5-4-6(2)7(5)3/h5-7H,1,4H2,2-3H3. The molecule has 0 saturated heterocycles. The molecule has 1 fully saturated rings. The van der Waals surface area contributed by atoms with E-state index in [9.17, 15) is 0 Å². The van der Waals surface area contributed by atoms with Crippen LogP contribution >= 0.6 is 0 Å². The lowest BCUT2D eigenvalue weighted by atomic mass is 9.68. The van der Waals surface area contributed by atoms with Gasteiger partial charge in [-0.15, -0.1) is 0 Å². The van der Waals surface area contributed by atoms with E-state index in [0.717, 1.165) is 17.8 Å². The van der Waals surface area contributed by atoms with Crippen molar-refractivity contribution in [3.8, 4) is 0 Å². The average molecular weight is 97.2 g/mol. The Hall–Kier alpha value is 0. The fourth-order valence-corrected chi connectivity index (χ4v) is 1.18. The Bertz CT molecular complexity index is 58.4. The van der Waals surface area contributed by atoms with Gasteiger partial charge in [-0.3, -0.25) is 0 Å². The third-order valence-electron chi connectivity index (χ3n) is 2.32. The Morgan fingerprint density at radius 1 is 1.43 bits per heavy atom. The molecule has 0 heterocycles. The topological polar surface area (TPSA) is 0 Å². The molecule has 3 unspecified atom stereocenters. The maximum Gasteiger partial charge on any atom is -0.0383 e. The second kappa shape index (κ2) is 1.50. The van der Waals surface area contributed by atoms with Crippen LogP contribution in [0.4, 0.5) is 0 Å². The number of hydrogen-bond donors (Lipinski definition) is 0. The van der Waals surface area contributed by atoms with Crippen molar-refractivity contribution in [2.24, 2.45) is 17.8 Å². The first-order chi connectivity index (χ1) is 3.22. The normalized spacial score (nSPS) is 51.0. The van der Waals surface area contributed by atoms with Gasteiger partial charge in [-0.1, -0.05) is 13.8 Å². The fourth-order valence-electron chi connectivity index (χ4n) is 1.18. The molecule has 0 N–H and O–H groups in total. The first-order valence-corrected chi connectivity index (χ1v) is 3.05. The van der Waals surface area contributed by atoms with Gasteiger partial charge in [0.1, 0.15) is 0 Å². The Labute approximate surface area is 45.9 Å². The molecule has 0 aliphatic heterocycles. The maximum absolute atomic E-state index is 3.98. The molecule has 41 valence electrons. The molecule has 0 spiro atoms. The van der Waals surface area contributed by atoms with Crippen molar-refractivity contribution >= 4 is 0 Å². The molecule has 0 nitrogen and oxygen atoms in total. The van der Waals surface area contributed by atoms with E-state index in [-0.39, 0.29) is 0 Å². The van der Waals surface area contributed by atoms with Crippen LogP contribution in [0, 0.1) is 24.7 Å².